The zero-order valence-electron chi connectivity index (χ0n) is 19.4. The molecule has 0 bridgehead atoms. The number of Topliss-reactive ketones (excluding diaryl/α,β-unsaturated/α-hetero) is 1. The Hall–Kier alpha value is -4.26. The SMILES string of the molecule is CC(C)COc1cccc(/C(O)=C2\C(=O)C(=O)N(c3ccc4c(c3)OCO4)C2c2ccccc2)c1. The van der Waals surface area contributed by atoms with Gasteiger partial charge in [0.25, 0.3) is 11.7 Å². The van der Waals surface area contributed by atoms with Crippen molar-refractivity contribution in [3.8, 4) is 17.2 Å². The van der Waals surface area contributed by atoms with E-state index in [0.29, 0.717) is 46.6 Å². The molecule has 0 aromatic heterocycles. The van der Waals surface area contributed by atoms with Gasteiger partial charge in [-0.3, -0.25) is 14.5 Å². The maximum absolute atomic E-state index is 13.3. The number of fused-ring (bicyclic) bond motifs is 1. The number of hydrogen-bond acceptors (Lipinski definition) is 6. The fourth-order valence-electron chi connectivity index (χ4n) is 4.24. The topological polar surface area (TPSA) is 85.3 Å². The average Bonchev–Trinajstić information content (AvgIpc) is 3.45. The summed E-state index contributed by atoms with van der Waals surface area (Å²) >= 11 is 0. The van der Waals surface area contributed by atoms with Gasteiger partial charge in [0.05, 0.1) is 18.2 Å². The zero-order valence-corrected chi connectivity index (χ0v) is 19.4. The summed E-state index contributed by atoms with van der Waals surface area (Å²) in [4.78, 5) is 28.0. The van der Waals surface area contributed by atoms with E-state index in [2.05, 4.69) is 0 Å². The summed E-state index contributed by atoms with van der Waals surface area (Å²) in [6, 6.07) is 20.3. The minimum Gasteiger partial charge on any atom is -0.507 e. The fourth-order valence-corrected chi connectivity index (χ4v) is 4.24. The first-order valence-electron chi connectivity index (χ1n) is 11.4. The standard InChI is InChI=1S/C28H25NO6/c1-17(2)15-33-21-10-6-9-19(13-21)26(30)24-25(18-7-4-3-5-8-18)29(28(32)27(24)31)20-11-12-22-23(14-20)35-16-34-22/h3-14,17,25,30H,15-16H2,1-2H3/b26-24+. The van der Waals surface area contributed by atoms with Crippen LogP contribution >= 0.6 is 0 Å². The van der Waals surface area contributed by atoms with E-state index in [0.717, 1.165) is 0 Å². The Morgan fingerprint density at radius 2 is 1.77 bits per heavy atom. The van der Waals surface area contributed by atoms with Crippen molar-refractivity contribution in [2.24, 2.45) is 5.92 Å². The van der Waals surface area contributed by atoms with E-state index >= 15 is 0 Å². The zero-order chi connectivity index (χ0) is 24.5. The summed E-state index contributed by atoms with van der Waals surface area (Å²) in [5, 5.41) is 11.3. The van der Waals surface area contributed by atoms with Crippen molar-refractivity contribution < 1.29 is 28.9 Å². The van der Waals surface area contributed by atoms with Crippen LogP contribution in [0.15, 0.2) is 78.4 Å². The molecular formula is C28H25NO6. The van der Waals surface area contributed by atoms with E-state index in [9.17, 15) is 14.7 Å². The van der Waals surface area contributed by atoms with Crippen LogP contribution in [0.1, 0.15) is 31.0 Å². The summed E-state index contributed by atoms with van der Waals surface area (Å²) in [6.07, 6.45) is 0. The number of carbonyl (C=O) groups excluding carboxylic acids is 2. The highest BCUT2D eigenvalue weighted by Crippen LogP contribution is 2.45. The van der Waals surface area contributed by atoms with Crippen LogP contribution in [0.2, 0.25) is 0 Å². The van der Waals surface area contributed by atoms with Crippen LogP contribution in [0.25, 0.3) is 5.76 Å². The van der Waals surface area contributed by atoms with Gasteiger partial charge in [0, 0.05) is 17.3 Å². The van der Waals surface area contributed by atoms with Gasteiger partial charge in [-0.2, -0.15) is 0 Å². The maximum Gasteiger partial charge on any atom is 0.300 e. The number of aliphatic hydroxyl groups excluding tert-OH is 1. The maximum atomic E-state index is 13.3. The smallest absolute Gasteiger partial charge is 0.300 e. The molecule has 5 rings (SSSR count). The van der Waals surface area contributed by atoms with Gasteiger partial charge in [-0.25, -0.2) is 0 Å². The minimum absolute atomic E-state index is 0.0138. The fraction of sp³-hybridized carbons (Fsp3) is 0.214. The lowest BCUT2D eigenvalue weighted by molar-refractivity contribution is -0.132. The van der Waals surface area contributed by atoms with E-state index in [1.807, 2.05) is 44.2 Å². The number of hydrogen-bond donors (Lipinski definition) is 1. The number of carbonyl (C=O) groups is 2. The molecule has 2 heterocycles. The largest absolute Gasteiger partial charge is 0.507 e. The molecule has 1 N–H and O–H groups in total. The molecule has 2 aliphatic rings. The summed E-state index contributed by atoms with van der Waals surface area (Å²) in [7, 11) is 0. The summed E-state index contributed by atoms with van der Waals surface area (Å²) in [5.41, 5.74) is 1.58. The van der Waals surface area contributed by atoms with Crippen LogP contribution in [0.3, 0.4) is 0 Å². The molecule has 1 saturated heterocycles. The van der Waals surface area contributed by atoms with E-state index in [1.165, 1.54) is 4.90 Å². The Kier molecular flexibility index (Phi) is 5.91. The highest BCUT2D eigenvalue weighted by atomic mass is 16.7. The molecule has 3 aromatic rings. The molecule has 0 saturated carbocycles. The van der Waals surface area contributed by atoms with Gasteiger partial charge < -0.3 is 19.3 Å². The molecule has 1 atom stereocenters. The van der Waals surface area contributed by atoms with Crippen molar-refractivity contribution in [1.29, 1.82) is 0 Å². The number of benzene rings is 3. The number of anilines is 1. The van der Waals surface area contributed by atoms with Crippen molar-refractivity contribution in [1.82, 2.24) is 0 Å². The molecular weight excluding hydrogens is 446 g/mol. The second-order valence-corrected chi connectivity index (χ2v) is 8.85. The third-order valence-corrected chi connectivity index (χ3v) is 5.88. The van der Waals surface area contributed by atoms with Crippen molar-refractivity contribution >= 4 is 23.1 Å². The molecule has 1 amide bonds. The summed E-state index contributed by atoms with van der Waals surface area (Å²) in [6.45, 7) is 4.69. The summed E-state index contributed by atoms with van der Waals surface area (Å²) in [5.74, 6) is 0.219. The highest BCUT2D eigenvalue weighted by molar-refractivity contribution is 6.51. The van der Waals surface area contributed by atoms with Crippen molar-refractivity contribution in [3.05, 3.63) is 89.5 Å². The van der Waals surface area contributed by atoms with Gasteiger partial charge in [-0.05, 0) is 35.7 Å². The first-order valence-corrected chi connectivity index (χ1v) is 11.4. The van der Waals surface area contributed by atoms with E-state index in [4.69, 9.17) is 14.2 Å². The third kappa shape index (κ3) is 4.21. The molecule has 1 fully saturated rings. The molecule has 7 nitrogen and oxygen atoms in total. The molecule has 35 heavy (non-hydrogen) atoms. The van der Waals surface area contributed by atoms with Crippen molar-refractivity contribution in [2.45, 2.75) is 19.9 Å². The van der Waals surface area contributed by atoms with E-state index in [1.54, 1.807) is 42.5 Å². The molecule has 0 radical (unpaired) electrons. The number of amides is 1. The minimum atomic E-state index is -0.822. The molecule has 3 aromatic carbocycles. The monoisotopic (exact) mass is 471 g/mol. The van der Waals surface area contributed by atoms with Gasteiger partial charge in [0.2, 0.25) is 6.79 Å². The van der Waals surface area contributed by atoms with Crippen LogP contribution < -0.4 is 19.1 Å². The first kappa shape index (κ1) is 22.5. The molecule has 178 valence electrons. The quantitative estimate of drug-likeness (QED) is 0.307. The van der Waals surface area contributed by atoms with Crippen LogP contribution in [0.4, 0.5) is 5.69 Å². The Bertz CT molecular complexity index is 1310. The Labute approximate surface area is 203 Å². The van der Waals surface area contributed by atoms with Crippen LogP contribution in [0.5, 0.6) is 17.2 Å². The van der Waals surface area contributed by atoms with Crippen LogP contribution in [-0.4, -0.2) is 30.2 Å². The lowest BCUT2D eigenvalue weighted by Crippen LogP contribution is -2.29. The highest BCUT2D eigenvalue weighted by Gasteiger charge is 2.47. The molecule has 0 spiro atoms. The number of ether oxygens (including phenoxy) is 3. The molecule has 1 unspecified atom stereocenters. The number of ketones is 1. The summed E-state index contributed by atoms with van der Waals surface area (Å²) < 4.78 is 16.7. The third-order valence-electron chi connectivity index (χ3n) is 5.88. The Balaban J connectivity index is 1.62. The van der Waals surface area contributed by atoms with Gasteiger partial charge in [0.15, 0.2) is 11.5 Å². The normalized spacial score (nSPS) is 18.4. The average molecular weight is 472 g/mol. The number of aliphatic hydroxyl groups is 1. The Morgan fingerprint density at radius 3 is 2.54 bits per heavy atom. The van der Waals surface area contributed by atoms with Crippen LogP contribution in [0, 0.1) is 5.92 Å². The van der Waals surface area contributed by atoms with Gasteiger partial charge in [-0.1, -0.05) is 56.3 Å². The molecule has 0 aliphatic carbocycles. The molecule has 2 aliphatic heterocycles. The first-order chi connectivity index (χ1) is 16.9. The second-order valence-electron chi connectivity index (χ2n) is 8.85. The Morgan fingerprint density at radius 1 is 1.00 bits per heavy atom. The number of rotatable bonds is 6. The van der Waals surface area contributed by atoms with Crippen LogP contribution in [-0.2, 0) is 9.59 Å². The molecule has 7 heteroatoms. The van der Waals surface area contributed by atoms with E-state index in [-0.39, 0.29) is 18.1 Å². The lowest BCUT2D eigenvalue weighted by atomic mass is 9.95. The second kappa shape index (κ2) is 9.18. The van der Waals surface area contributed by atoms with Crippen molar-refractivity contribution in [3.63, 3.8) is 0 Å². The van der Waals surface area contributed by atoms with Gasteiger partial charge >= 0.3 is 0 Å². The predicted molar refractivity (Wildman–Crippen MR) is 131 cm³/mol. The van der Waals surface area contributed by atoms with E-state index < -0.39 is 17.7 Å². The van der Waals surface area contributed by atoms with Crippen molar-refractivity contribution in [2.75, 3.05) is 18.3 Å². The van der Waals surface area contributed by atoms with Gasteiger partial charge in [-0.15, -0.1) is 0 Å². The predicted octanol–water partition coefficient (Wildman–Crippen LogP) is 5.08. The number of nitrogens with zero attached hydrogens (tertiary/aromatic N) is 1. The lowest BCUT2D eigenvalue weighted by Gasteiger charge is -2.25. The van der Waals surface area contributed by atoms with Gasteiger partial charge in [0.1, 0.15) is 11.5 Å².